The number of rotatable bonds is 5. The summed E-state index contributed by atoms with van der Waals surface area (Å²) in [5.74, 6) is -0.891. The Kier molecular flexibility index (Phi) is 5.19. The number of aliphatic carboxylic acids is 1. The van der Waals surface area contributed by atoms with Crippen LogP contribution < -0.4 is 5.32 Å². The molecule has 0 saturated heterocycles. The Bertz CT molecular complexity index is 429. The van der Waals surface area contributed by atoms with Gasteiger partial charge in [0.05, 0.1) is 0 Å². The third-order valence-electron chi connectivity index (χ3n) is 2.54. The van der Waals surface area contributed by atoms with Crippen molar-refractivity contribution in [2.24, 2.45) is 0 Å². The van der Waals surface area contributed by atoms with Gasteiger partial charge < -0.3 is 10.4 Å². The van der Waals surface area contributed by atoms with Gasteiger partial charge in [0.25, 0.3) is 0 Å². The van der Waals surface area contributed by atoms with E-state index in [0.29, 0.717) is 17.1 Å². The van der Waals surface area contributed by atoms with Gasteiger partial charge in [-0.2, -0.15) is 0 Å². The number of carboxylic acids is 1. The summed E-state index contributed by atoms with van der Waals surface area (Å²) >= 11 is 6.06. The number of hydrogen-bond donors (Lipinski definition) is 2. The number of halogens is 1. The molecule has 0 amide bonds. The third-order valence-corrected chi connectivity index (χ3v) is 2.89. The van der Waals surface area contributed by atoms with Crippen molar-refractivity contribution in [3.63, 3.8) is 0 Å². The van der Waals surface area contributed by atoms with E-state index in [2.05, 4.69) is 5.32 Å². The zero-order valence-corrected chi connectivity index (χ0v) is 10.7. The predicted octanol–water partition coefficient (Wildman–Crippen LogP) is 3.02. The standard InChI is InChI=1S/C13H16ClNO2/c1-9(13(16)17)7-8-15-10(2)11-5-3-4-6-12(11)14/h3-7,10,15H,8H2,1-2H3,(H,16,17)/b9-7-/t10-/m0/s1. The number of benzene rings is 1. The Labute approximate surface area is 106 Å². The molecule has 0 saturated carbocycles. The lowest BCUT2D eigenvalue weighted by molar-refractivity contribution is -0.132. The summed E-state index contributed by atoms with van der Waals surface area (Å²) in [7, 11) is 0. The first-order valence-corrected chi connectivity index (χ1v) is 5.78. The highest BCUT2D eigenvalue weighted by Gasteiger charge is 2.07. The van der Waals surface area contributed by atoms with Crippen LogP contribution in [-0.4, -0.2) is 17.6 Å². The largest absolute Gasteiger partial charge is 0.478 e. The van der Waals surface area contributed by atoms with Crippen LogP contribution in [0.3, 0.4) is 0 Å². The SMILES string of the molecule is C/C(=C/CN[C@@H](C)c1ccccc1Cl)C(=O)O. The van der Waals surface area contributed by atoms with Gasteiger partial charge in [-0.3, -0.25) is 0 Å². The zero-order valence-electron chi connectivity index (χ0n) is 9.90. The van der Waals surface area contributed by atoms with E-state index in [4.69, 9.17) is 16.7 Å². The van der Waals surface area contributed by atoms with E-state index >= 15 is 0 Å². The number of carbonyl (C=O) groups is 1. The Morgan fingerprint density at radius 3 is 2.76 bits per heavy atom. The van der Waals surface area contributed by atoms with Crippen molar-refractivity contribution in [3.05, 3.63) is 46.5 Å². The van der Waals surface area contributed by atoms with Crippen LogP contribution in [0.4, 0.5) is 0 Å². The van der Waals surface area contributed by atoms with Crippen molar-refractivity contribution in [2.75, 3.05) is 6.54 Å². The third kappa shape index (κ3) is 4.21. The highest BCUT2D eigenvalue weighted by molar-refractivity contribution is 6.31. The molecular formula is C13H16ClNO2. The lowest BCUT2D eigenvalue weighted by Crippen LogP contribution is -2.19. The minimum absolute atomic E-state index is 0.0848. The van der Waals surface area contributed by atoms with Gasteiger partial charge in [0.15, 0.2) is 0 Å². The van der Waals surface area contributed by atoms with Crippen molar-refractivity contribution in [3.8, 4) is 0 Å². The van der Waals surface area contributed by atoms with Crippen LogP contribution >= 0.6 is 11.6 Å². The molecule has 1 aromatic carbocycles. The molecule has 4 heteroatoms. The Morgan fingerprint density at radius 2 is 2.18 bits per heavy atom. The Balaban J connectivity index is 2.57. The van der Waals surface area contributed by atoms with E-state index in [0.717, 1.165) is 5.56 Å². The molecule has 92 valence electrons. The summed E-state index contributed by atoms with van der Waals surface area (Å²) in [5.41, 5.74) is 1.35. The molecule has 0 aromatic heterocycles. The summed E-state index contributed by atoms with van der Waals surface area (Å²) in [5, 5.41) is 12.6. The summed E-state index contributed by atoms with van der Waals surface area (Å²) in [6.45, 7) is 4.07. The van der Waals surface area contributed by atoms with Gasteiger partial charge in [0, 0.05) is 23.2 Å². The monoisotopic (exact) mass is 253 g/mol. The van der Waals surface area contributed by atoms with Gasteiger partial charge in [-0.1, -0.05) is 35.9 Å². The molecule has 1 rings (SSSR count). The van der Waals surface area contributed by atoms with Gasteiger partial charge in [0.1, 0.15) is 0 Å². The smallest absolute Gasteiger partial charge is 0.330 e. The minimum Gasteiger partial charge on any atom is -0.478 e. The molecule has 0 aliphatic rings. The molecule has 2 N–H and O–H groups in total. The fourth-order valence-corrected chi connectivity index (χ4v) is 1.71. The van der Waals surface area contributed by atoms with Crippen molar-refractivity contribution in [2.45, 2.75) is 19.9 Å². The zero-order chi connectivity index (χ0) is 12.8. The first-order chi connectivity index (χ1) is 8.02. The molecule has 0 aliphatic heterocycles. The van der Waals surface area contributed by atoms with Crippen LogP contribution in [0.2, 0.25) is 5.02 Å². The van der Waals surface area contributed by atoms with Gasteiger partial charge in [-0.15, -0.1) is 0 Å². The first-order valence-electron chi connectivity index (χ1n) is 5.40. The maximum absolute atomic E-state index is 10.6. The second kappa shape index (κ2) is 6.42. The molecule has 17 heavy (non-hydrogen) atoms. The molecule has 0 spiro atoms. The predicted molar refractivity (Wildman–Crippen MR) is 69.3 cm³/mol. The van der Waals surface area contributed by atoms with E-state index in [1.807, 2.05) is 31.2 Å². The van der Waals surface area contributed by atoms with Crippen LogP contribution in [0.25, 0.3) is 0 Å². The van der Waals surface area contributed by atoms with Crippen LogP contribution in [0, 0.1) is 0 Å². The van der Waals surface area contributed by atoms with Gasteiger partial charge in [-0.05, 0) is 25.5 Å². The summed E-state index contributed by atoms with van der Waals surface area (Å²) in [6.07, 6.45) is 1.65. The first kappa shape index (κ1) is 13.7. The summed E-state index contributed by atoms with van der Waals surface area (Å²) in [4.78, 5) is 10.6. The van der Waals surface area contributed by atoms with Gasteiger partial charge >= 0.3 is 5.97 Å². The summed E-state index contributed by atoms with van der Waals surface area (Å²) in [6, 6.07) is 7.69. The second-order valence-corrected chi connectivity index (χ2v) is 4.25. The van der Waals surface area contributed by atoms with Crippen LogP contribution in [-0.2, 0) is 4.79 Å². The number of carboxylic acid groups (broad SMARTS) is 1. The molecule has 1 aromatic rings. The van der Waals surface area contributed by atoms with E-state index in [-0.39, 0.29) is 6.04 Å². The average Bonchev–Trinajstić information content (AvgIpc) is 2.29. The number of nitrogens with one attached hydrogen (secondary N) is 1. The maximum atomic E-state index is 10.6. The molecule has 0 bridgehead atoms. The van der Waals surface area contributed by atoms with Crippen LogP contribution in [0.15, 0.2) is 35.9 Å². The molecule has 0 radical (unpaired) electrons. The molecule has 0 unspecified atom stereocenters. The lowest BCUT2D eigenvalue weighted by atomic mass is 10.1. The fraction of sp³-hybridized carbons (Fsp3) is 0.308. The minimum atomic E-state index is -0.891. The van der Waals surface area contributed by atoms with Crippen LogP contribution in [0.1, 0.15) is 25.5 Å². The fourth-order valence-electron chi connectivity index (χ4n) is 1.41. The Hall–Kier alpha value is -1.32. The van der Waals surface area contributed by atoms with Crippen molar-refractivity contribution in [1.82, 2.24) is 5.32 Å². The van der Waals surface area contributed by atoms with Crippen molar-refractivity contribution in [1.29, 1.82) is 0 Å². The van der Waals surface area contributed by atoms with E-state index < -0.39 is 5.97 Å². The molecule has 1 atom stereocenters. The molecule has 0 heterocycles. The second-order valence-electron chi connectivity index (χ2n) is 3.84. The van der Waals surface area contributed by atoms with Crippen molar-refractivity contribution >= 4 is 17.6 Å². The normalized spacial score (nSPS) is 13.5. The number of hydrogen-bond acceptors (Lipinski definition) is 2. The molecule has 3 nitrogen and oxygen atoms in total. The molecule has 0 aliphatic carbocycles. The Morgan fingerprint density at radius 1 is 1.53 bits per heavy atom. The van der Waals surface area contributed by atoms with Crippen LogP contribution in [0.5, 0.6) is 0 Å². The highest BCUT2D eigenvalue weighted by atomic mass is 35.5. The topological polar surface area (TPSA) is 49.3 Å². The van der Waals surface area contributed by atoms with E-state index in [9.17, 15) is 4.79 Å². The summed E-state index contributed by atoms with van der Waals surface area (Å²) < 4.78 is 0. The van der Waals surface area contributed by atoms with Gasteiger partial charge in [0.2, 0.25) is 0 Å². The maximum Gasteiger partial charge on any atom is 0.330 e. The van der Waals surface area contributed by atoms with Crippen molar-refractivity contribution < 1.29 is 9.90 Å². The highest BCUT2D eigenvalue weighted by Crippen LogP contribution is 2.21. The van der Waals surface area contributed by atoms with E-state index in [1.54, 1.807) is 13.0 Å². The van der Waals surface area contributed by atoms with Gasteiger partial charge in [-0.25, -0.2) is 4.79 Å². The average molecular weight is 254 g/mol. The van der Waals surface area contributed by atoms with E-state index in [1.165, 1.54) is 0 Å². The lowest BCUT2D eigenvalue weighted by Gasteiger charge is -2.14. The molecule has 0 fully saturated rings. The molecular weight excluding hydrogens is 238 g/mol. The quantitative estimate of drug-likeness (QED) is 0.793.